The summed E-state index contributed by atoms with van der Waals surface area (Å²) in [6.45, 7) is 1.43. The number of carbonyl (C=O) groups excluding carboxylic acids is 3. The van der Waals surface area contributed by atoms with E-state index >= 15 is 0 Å². The lowest BCUT2D eigenvalue weighted by Crippen LogP contribution is -2.16. The molecule has 0 atom stereocenters. The van der Waals surface area contributed by atoms with Gasteiger partial charge in [0.05, 0.1) is 17.2 Å². The fourth-order valence-corrected chi connectivity index (χ4v) is 2.53. The van der Waals surface area contributed by atoms with Crippen LogP contribution in [0.4, 0.5) is 10.5 Å². The Bertz CT molecular complexity index is 838. The van der Waals surface area contributed by atoms with Crippen molar-refractivity contribution in [2.75, 3.05) is 18.5 Å². The topological polar surface area (TPSA) is 81.7 Å². The predicted molar refractivity (Wildman–Crippen MR) is 98.2 cm³/mol. The molecule has 1 N–H and O–H groups in total. The smallest absolute Gasteiger partial charge is 0.411 e. The van der Waals surface area contributed by atoms with E-state index in [4.69, 9.17) is 32.7 Å². The summed E-state index contributed by atoms with van der Waals surface area (Å²) in [5.74, 6) is -1.17. The first-order valence-corrected chi connectivity index (χ1v) is 8.35. The Hall–Kier alpha value is -2.57. The third kappa shape index (κ3) is 5.47. The van der Waals surface area contributed by atoms with Crippen LogP contribution >= 0.6 is 23.2 Å². The Kier molecular flexibility index (Phi) is 7.00. The molecular weight excluding hydrogens is 381 g/mol. The Morgan fingerprint density at radius 2 is 1.81 bits per heavy atom. The van der Waals surface area contributed by atoms with E-state index in [9.17, 15) is 14.4 Å². The lowest BCUT2D eigenvalue weighted by atomic mass is 10.1. The van der Waals surface area contributed by atoms with Crippen LogP contribution in [-0.4, -0.2) is 31.1 Å². The third-order valence-electron chi connectivity index (χ3n) is 3.19. The van der Waals surface area contributed by atoms with Gasteiger partial charge >= 0.3 is 12.1 Å². The molecule has 2 rings (SSSR count). The normalized spacial score (nSPS) is 10.1. The maximum atomic E-state index is 12.1. The molecule has 0 spiro atoms. The zero-order valence-electron chi connectivity index (χ0n) is 13.8. The minimum absolute atomic E-state index is 0.175. The van der Waals surface area contributed by atoms with Gasteiger partial charge in [-0.25, -0.2) is 9.59 Å². The molecule has 2 aromatic carbocycles. The van der Waals surface area contributed by atoms with Gasteiger partial charge in [0.1, 0.15) is 0 Å². The zero-order valence-corrected chi connectivity index (χ0v) is 15.3. The number of esters is 1. The molecule has 0 saturated heterocycles. The van der Waals surface area contributed by atoms with Gasteiger partial charge in [0.2, 0.25) is 5.78 Å². The van der Waals surface area contributed by atoms with Crippen molar-refractivity contribution in [1.82, 2.24) is 0 Å². The standard InChI is InChI=1S/C18H15Cl2NO5/c1-2-25-18(24)21-13-5-3-4-11(8-13)17(23)26-10-16(22)14-7-6-12(19)9-15(14)20/h3-9H,2,10H2,1H3,(H,21,24). The first-order chi connectivity index (χ1) is 12.4. The first-order valence-electron chi connectivity index (χ1n) is 7.60. The maximum absolute atomic E-state index is 12.1. The van der Waals surface area contributed by atoms with Crippen LogP contribution in [0.3, 0.4) is 0 Å². The highest BCUT2D eigenvalue weighted by Crippen LogP contribution is 2.21. The quantitative estimate of drug-likeness (QED) is 0.570. The van der Waals surface area contributed by atoms with Gasteiger partial charge < -0.3 is 9.47 Å². The van der Waals surface area contributed by atoms with Crippen LogP contribution < -0.4 is 5.32 Å². The average Bonchev–Trinajstić information content (AvgIpc) is 2.59. The molecule has 0 aliphatic heterocycles. The molecule has 0 aliphatic rings. The number of rotatable bonds is 6. The van der Waals surface area contributed by atoms with Crippen LogP contribution in [0.25, 0.3) is 0 Å². The number of anilines is 1. The van der Waals surface area contributed by atoms with Gasteiger partial charge in [0.15, 0.2) is 6.61 Å². The minimum Gasteiger partial charge on any atom is -0.454 e. The van der Waals surface area contributed by atoms with E-state index in [0.717, 1.165) is 0 Å². The number of hydrogen-bond acceptors (Lipinski definition) is 5. The van der Waals surface area contributed by atoms with E-state index in [1.807, 2.05) is 0 Å². The van der Waals surface area contributed by atoms with Crippen LogP contribution in [0, 0.1) is 0 Å². The highest BCUT2D eigenvalue weighted by Gasteiger charge is 2.15. The third-order valence-corrected chi connectivity index (χ3v) is 3.73. The van der Waals surface area contributed by atoms with E-state index in [1.165, 1.54) is 30.3 Å². The SMILES string of the molecule is CCOC(=O)Nc1cccc(C(=O)OCC(=O)c2ccc(Cl)cc2Cl)c1. The van der Waals surface area contributed by atoms with Crippen molar-refractivity contribution < 1.29 is 23.9 Å². The molecule has 0 fully saturated rings. The number of nitrogens with one attached hydrogen (secondary N) is 1. The van der Waals surface area contributed by atoms with Crippen LogP contribution in [0.2, 0.25) is 10.0 Å². The summed E-state index contributed by atoms with van der Waals surface area (Å²) in [6.07, 6.45) is -0.634. The summed E-state index contributed by atoms with van der Waals surface area (Å²) in [6, 6.07) is 10.5. The molecule has 0 heterocycles. The monoisotopic (exact) mass is 395 g/mol. The number of halogens is 2. The lowest BCUT2D eigenvalue weighted by Gasteiger charge is -2.08. The molecule has 0 unspecified atom stereocenters. The summed E-state index contributed by atoms with van der Waals surface area (Å²) in [5, 5.41) is 3.05. The van der Waals surface area contributed by atoms with E-state index < -0.39 is 24.5 Å². The summed E-state index contributed by atoms with van der Waals surface area (Å²) in [4.78, 5) is 35.6. The van der Waals surface area contributed by atoms with Crippen LogP contribution in [0.5, 0.6) is 0 Å². The van der Waals surface area contributed by atoms with Gasteiger partial charge in [-0.05, 0) is 43.3 Å². The maximum Gasteiger partial charge on any atom is 0.411 e. The molecule has 0 aliphatic carbocycles. The molecule has 0 bridgehead atoms. The number of benzene rings is 2. The van der Waals surface area contributed by atoms with Crippen LogP contribution in [0.15, 0.2) is 42.5 Å². The predicted octanol–water partition coefficient (Wildman–Crippen LogP) is 4.60. The Morgan fingerprint density at radius 1 is 1.04 bits per heavy atom. The minimum atomic E-state index is -0.712. The van der Waals surface area contributed by atoms with Gasteiger partial charge in [-0.2, -0.15) is 0 Å². The van der Waals surface area contributed by atoms with Crippen molar-refractivity contribution >= 4 is 46.7 Å². The molecule has 0 radical (unpaired) electrons. The Morgan fingerprint density at radius 3 is 2.50 bits per heavy atom. The summed E-state index contributed by atoms with van der Waals surface area (Å²) >= 11 is 11.7. The van der Waals surface area contributed by atoms with Crippen LogP contribution in [0.1, 0.15) is 27.6 Å². The Balaban J connectivity index is 1.99. The van der Waals surface area contributed by atoms with Gasteiger partial charge in [0.25, 0.3) is 0 Å². The Labute approximate surface area is 160 Å². The fourth-order valence-electron chi connectivity index (χ4n) is 2.02. The zero-order chi connectivity index (χ0) is 19.1. The molecule has 0 saturated carbocycles. The van der Waals surface area contributed by atoms with E-state index in [2.05, 4.69) is 5.32 Å². The van der Waals surface area contributed by atoms with Gasteiger partial charge in [-0.15, -0.1) is 0 Å². The first kappa shape index (κ1) is 19.8. The highest BCUT2D eigenvalue weighted by atomic mass is 35.5. The molecule has 2 aromatic rings. The highest BCUT2D eigenvalue weighted by molar-refractivity contribution is 6.36. The van der Waals surface area contributed by atoms with Crippen molar-refractivity contribution in [3.63, 3.8) is 0 Å². The second kappa shape index (κ2) is 9.22. The summed E-state index contributed by atoms with van der Waals surface area (Å²) in [5.41, 5.74) is 0.751. The second-order valence-electron chi connectivity index (χ2n) is 5.05. The number of hydrogen-bond donors (Lipinski definition) is 1. The molecule has 8 heteroatoms. The molecule has 26 heavy (non-hydrogen) atoms. The van der Waals surface area contributed by atoms with E-state index in [1.54, 1.807) is 19.1 Å². The number of amides is 1. The number of carbonyl (C=O) groups is 3. The molecule has 1 amide bonds. The van der Waals surface area contributed by atoms with Crippen molar-refractivity contribution in [3.05, 3.63) is 63.6 Å². The van der Waals surface area contributed by atoms with Crippen LogP contribution in [-0.2, 0) is 9.47 Å². The molecule has 0 aromatic heterocycles. The van der Waals surface area contributed by atoms with Crippen molar-refractivity contribution in [2.45, 2.75) is 6.92 Å². The van der Waals surface area contributed by atoms with Crippen molar-refractivity contribution in [2.24, 2.45) is 0 Å². The molecule has 6 nitrogen and oxygen atoms in total. The molecule has 136 valence electrons. The summed E-state index contributed by atoms with van der Waals surface area (Å²) < 4.78 is 9.77. The van der Waals surface area contributed by atoms with Gasteiger partial charge in [-0.1, -0.05) is 29.3 Å². The fraction of sp³-hybridized carbons (Fsp3) is 0.167. The van der Waals surface area contributed by atoms with Crippen molar-refractivity contribution in [1.29, 1.82) is 0 Å². The van der Waals surface area contributed by atoms with Crippen molar-refractivity contribution in [3.8, 4) is 0 Å². The molecular formula is C18H15Cl2NO5. The number of ketones is 1. The van der Waals surface area contributed by atoms with E-state index in [0.29, 0.717) is 10.7 Å². The van der Waals surface area contributed by atoms with Gasteiger partial charge in [-0.3, -0.25) is 10.1 Å². The average molecular weight is 396 g/mol. The lowest BCUT2D eigenvalue weighted by molar-refractivity contribution is 0.0475. The number of ether oxygens (including phenoxy) is 2. The number of Topliss-reactive ketones (excluding diaryl/α,β-unsaturated/α-hetero) is 1. The summed E-state index contributed by atoms with van der Waals surface area (Å²) in [7, 11) is 0. The second-order valence-corrected chi connectivity index (χ2v) is 5.89. The van der Waals surface area contributed by atoms with Gasteiger partial charge in [0, 0.05) is 16.3 Å². The van der Waals surface area contributed by atoms with E-state index in [-0.39, 0.29) is 22.8 Å². The largest absolute Gasteiger partial charge is 0.454 e.